The highest BCUT2D eigenvalue weighted by Crippen LogP contribution is 2.55. The van der Waals surface area contributed by atoms with Crippen LogP contribution in [0.4, 0.5) is 5.69 Å². The number of anilines is 1. The lowest BCUT2D eigenvalue weighted by Crippen LogP contribution is -2.59. The van der Waals surface area contributed by atoms with Gasteiger partial charge in [-0.05, 0) is 62.3 Å². The first-order valence-corrected chi connectivity index (χ1v) is 11.4. The van der Waals surface area contributed by atoms with E-state index in [0.717, 1.165) is 17.8 Å². The average molecular weight is 415 g/mol. The minimum Gasteiger partial charge on any atom is -0.324 e. The van der Waals surface area contributed by atoms with Gasteiger partial charge in [-0.25, -0.2) is 0 Å². The van der Waals surface area contributed by atoms with Crippen molar-refractivity contribution in [1.82, 2.24) is 5.32 Å². The Morgan fingerprint density at radius 3 is 2.03 bits per heavy atom. The lowest BCUT2D eigenvalue weighted by Gasteiger charge is -2.57. The van der Waals surface area contributed by atoms with Crippen LogP contribution < -0.4 is 10.6 Å². The molecule has 4 saturated carbocycles. The van der Waals surface area contributed by atoms with E-state index >= 15 is 0 Å². The Morgan fingerprint density at radius 1 is 0.806 bits per heavy atom. The highest BCUT2D eigenvalue weighted by atomic mass is 16.2. The van der Waals surface area contributed by atoms with E-state index in [9.17, 15) is 14.4 Å². The summed E-state index contributed by atoms with van der Waals surface area (Å²) in [6.07, 6.45) is 7.62. The van der Waals surface area contributed by atoms with Crippen molar-refractivity contribution in [1.29, 1.82) is 0 Å². The molecule has 5 heteroatoms. The van der Waals surface area contributed by atoms with E-state index in [-0.39, 0.29) is 29.6 Å². The zero-order chi connectivity index (χ0) is 21.2. The smallest absolute Gasteiger partial charge is 0.238 e. The molecule has 0 atom stereocenters. The number of benzene rings is 2. The van der Waals surface area contributed by atoms with Crippen LogP contribution in [-0.4, -0.2) is 29.6 Å². The molecule has 5 aliphatic rings. The second-order valence-corrected chi connectivity index (χ2v) is 10.0. The molecule has 0 radical (unpaired) electrons. The van der Waals surface area contributed by atoms with E-state index in [1.165, 1.54) is 38.5 Å². The molecule has 1 amide bonds. The quantitative estimate of drug-likeness (QED) is 0.678. The Bertz CT molecular complexity index is 1080. The topological polar surface area (TPSA) is 75.3 Å². The van der Waals surface area contributed by atoms with Crippen LogP contribution in [0.15, 0.2) is 42.5 Å². The number of amides is 1. The van der Waals surface area contributed by atoms with Crippen LogP contribution >= 0.6 is 0 Å². The molecule has 0 aromatic heterocycles. The van der Waals surface area contributed by atoms with Gasteiger partial charge in [-0.2, -0.15) is 0 Å². The van der Waals surface area contributed by atoms with Crippen molar-refractivity contribution in [2.75, 3.05) is 11.9 Å². The van der Waals surface area contributed by atoms with Gasteiger partial charge in [0.15, 0.2) is 11.6 Å². The molecule has 4 bridgehead atoms. The zero-order valence-corrected chi connectivity index (χ0v) is 17.4. The Kier molecular flexibility index (Phi) is 4.19. The summed E-state index contributed by atoms with van der Waals surface area (Å²) in [4.78, 5) is 38.9. The maximum atomic E-state index is 13.1. The number of carbonyl (C=O) groups is 3. The number of rotatable bonds is 4. The van der Waals surface area contributed by atoms with Crippen LogP contribution in [0.5, 0.6) is 0 Å². The van der Waals surface area contributed by atoms with Gasteiger partial charge in [-0.3, -0.25) is 14.4 Å². The molecule has 2 N–H and O–H groups in total. The Morgan fingerprint density at radius 2 is 1.39 bits per heavy atom. The number of hydrogen-bond donors (Lipinski definition) is 2. The lowest BCUT2D eigenvalue weighted by atomic mass is 9.53. The van der Waals surface area contributed by atoms with E-state index < -0.39 is 0 Å². The van der Waals surface area contributed by atoms with Crippen LogP contribution in [0.3, 0.4) is 0 Å². The second kappa shape index (κ2) is 6.86. The minimum absolute atomic E-state index is 0.104. The molecule has 31 heavy (non-hydrogen) atoms. The fourth-order valence-electron chi connectivity index (χ4n) is 7.04. The van der Waals surface area contributed by atoms with Crippen molar-refractivity contribution < 1.29 is 14.4 Å². The Labute approximate surface area is 181 Å². The van der Waals surface area contributed by atoms with Gasteiger partial charge < -0.3 is 10.6 Å². The Balaban J connectivity index is 1.21. The number of fused-ring (bicyclic) bond motifs is 2. The molecule has 7 rings (SSSR count). The molecular formula is C26H26N2O3. The molecule has 0 saturated heterocycles. The fraction of sp³-hybridized carbons (Fsp3) is 0.423. The molecule has 4 fully saturated rings. The maximum Gasteiger partial charge on any atom is 0.238 e. The van der Waals surface area contributed by atoms with Crippen molar-refractivity contribution in [3.63, 3.8) is 0 Å². The number of carbonyl (C=O) groups excluding carboxylic acids is 3. The van der Waals surface area contributed by atoms with Gasteiger partial charge in [0.2, 0.25) is 5.91 Å². The fourth-order valence-corrected chi connectivity index (χ4v) is 7.04. The summed E-state index contributed by atoms with van der Waals surface area (Å²) in [6, 6.07) is 12.0. The SMILES string of the molecule is O=C(CNC12CC3CC(CC(C3)C1)C2)Nc1cccc2c1C(=O)c1ccccc1C2=O. The molecular weight excluding hydrogens is 388 g/mol. The van der Waals surface area contributed by atoms with E-state index in [1.54, 1.807) is 42.5 Å². The Hall–Kier alpha value is -2.79. The van der Waals surface area contributed by atoms with Crippen molar-refractivity contribution in [3.8, 4) is 0 Å². The van der Waals surface area contributed by atoms with Crippen LogP contribution in [-0.2, 0) is 4.79 Å². The van der Waals surface area contributed by atoms with Gasteiger partial charge in [-0.1, -0.05) is 36.4 Å². The highest BCUT2D eigenvalue weighted by Gasteiger charge is 2.50. The summed E-state index contributed by atoms with van der Waals surface area (Å²) in [6.45, 7) is 0.231. The summed E-state index contributed by atoms with van der Waals surface area (Å²) < 4.78 is 0. The molecule has 0 aliphatic heterocycles. The molecule has 2 aromatic rings. The molecule has 2 aromatic carbocycles. The molecule has 0 unspecified atom stereocenters. The zero-order valence-electron chi connectivity index (χ0n) is 17.4. The van der Waals surface area contributed by atoms with Gasteiger partial charge in [0.05, 0.1) is 17.8 Å². The molecule has 158 valence electrons. The van der Waals surface area contributed by atoms with Crippen LogP contribution in [0, 0.1) is 17.8 Å². The number of ketones is 2. The summed E-state index contributed by atoms with van der Waals surface area (Å²) in [5, 5.41) is 6.51. The third kappa shape index (κ3) is 3.06. The van der Waals surface area contributed by atoms with Gasteiger partial charge in [0.25, 0.3) is 0 Å². The average Bonchev–Trinajstić information content (AvgIpc) is 2.75. The van der Waals surface area contributed by atoms with Crippen LogP contribution in [0.25, 0.3) is 0 Å². The van der Waals surface area contributed by atoms with E-state index in [0.29, 0.717) is 27.9 Å². The third-order valence-electron chi connectivity index (χ3n) is 7.89. The standard InChI is InChI=1S/C26H26N2O3/c29-22(14-27-26-11-15-8-16(12-26)10-17(9-15)13-26)28-21-7-3-6-20-23(21)25(31)19-5-2-1-4-18(19)24(20)30/h1-7,15-17,27H,8-14H2,(H,28,29). The van der Waals surface area contributed by atoms with Crippen molar-refractivity contribution >= 4 is 23.2 Å². The predicted octanol–water partition coefficient (Wildman–Crippen LogP) is 3.96. The van der Waals surface area contributed by atoms with Crippen molar-refractivity contribution in [2.45, 2.75) is 44.1 Å². The summed E-state index contributed by atoms with van der Waals surface area (Å²) in [7, 11) is 0. The molecule has 5 aliphatic carbocycles. The first kappa shape index (κ1) is 18.9. The van der Waals surface area contributed by atoms with Crippen molar-refractivity contribution in [3.05, 3.63) is 64.7 Å². The molecule has 0 spiro atoms. The van der Waals surface area contributed by atoms with E-state index in [2.05, 4.69) is 10.6 Å². The number of hydrogen-bond acceptors (Lipinski definition) is 4. The van der Waals surface area contributed by atoms with E-state index in [4.69, 9.17) is 0 Å². The first-order valence-electron chi connectivity index (χ1n) is 11.4. The van der Waals surface area contributed by atoms with Crippen LogP contribution in [0.1, 0.15) is 70.4 Å². The first-order chi connectivity index (χ1) is 15.0. The predicted molar refractivity (Wildman–Crippen MR) is 117 cm³/mol. The minimum atomic E-state index is -0.213. The normalized spacial score (nSPS) is 30.1. The van der Waals surface area contributed by atoms with Gasteiger partial charge >= 0.3 is 0 Å². The number of nitrogens with one attached hydrogen (secondary N) is 2. The van der Waals surface area contributed by atoms with Gasteiger partial charge in [0, 0.05) is 22.2 Å². The van der Waals surface area contributed by atoms with Crippen LogP contribution in [0.2, 0.25) is 0 Å². The molecule has 0 heterocycles. The van der Waals surface area contributed by atoms with Crippen molar-refractivity contribution in [2.24, 2.45) is 17.8 Å². The lowest BCUT2D eigenvalue weighted by molar-refractivity contribution is -0.116. The molecule has 5 nitrogen and oxygen atoms in total. The second-order valence-electron chi connectivity index (χ2n) is 10.0. The van der Waals surface area contributed by atoms with E-state index in [1.807, 2.05) is 0 Å². The van der Waals surface area contributed by atoms with Gasteiger partial charge in [0.1, 0.15) is 0 Å². The summed E-state index contributed by atoms with van der Waals surface area (Å²) >= 11 is 0. The largest absolute Gasteiger partial charge is 0.324 e. The third-order valence-corrected chi connectivity index (χ3v) is 7.89. The summed E-state index contributed by atoms with van der Waals surface area (Å²) in [5.41, 5.74) is 2.00. The monoisotopic (exact) mass is 414 g/mol. The van der Waals surface area contributed by atoms with Gasteiger partial charge in [-0.15, -0.1) is 0 Å². The summed E-state index contributed by atoms with van der Waals surface area (Å²) in [5.74, 6) is 1.89. The highest BCUT2D eigenvalue weighted by molar-refractivity contribution is 6.30. The maximum absolute atomic E-state index is 13.1.